The fourth-order valence-corrected chi connectivity index (χ4v) is 2.97. The highest BCUT2D eigenvalue weighted by atomic mass is 32.2. The van der Waals surface area contributed by atoms with Crippen molar-refractivity contribution in [3.8, 4) is 0 Å². The molecular formula is C14H16N2OS. The summed E-state index contributed by atoms with van der Waals surface area (Å²) in [6.07, 6.45) is 0.883. The van der Waals surface area contributed by atoms with Crippen molar-refractivity contribution in [1.82, 2.24) is 9.78 Å². The molecule has 0 aliphatic heterocycles. The Morgan fingerprint density at radius 1 is 1.28 bits per heavy atom. The van der Waals surface area contributed by atoms with Crippen molar-refractivity contribution < 1.29 is 4.79 Å². The summed E-state index contributed by atoms with van der Waals surface area (Å²) in [5.41, 5.74) is 3.92. The van der Waals surface area contributed by atoms with Gasteiger partial charge in [-0.15, -0.1) is 0 Å². The number of benzene rings is 1. The summed E-state index contributed by atoms with van der Waals surface area (Å²) < 4.78 is 1.77. The van der Waals surface area contributed by atoms with Gasteiger partial charge in [0.1, 0.15) is 5.03 Å². The average molecular weight is 260 g/mol. The van der Waals surface area contributed by atoms with Gasteiger partial charge in [-0.1, -0.05) is 29.5 Å². The van der Waals surface area contributed by atoms with Gasteiger partial charge in [0.05, 0.1) is 11.3 Å². The van der Waals surface area contributed by atoms with Crippen LogP contribution in [0.1, 0.15) is 27.2 Å². The number of aromatic nitrogens is 2. The first-order valence-electron chi connectivity index (χ1n) is 5.77. The van der Waals surface area contributed by atoms with Crippen molar-refractivity contribution in [3.63, 3.8) is 0 Å². The molecular weight excluding hydrogens is 244 g/mol. The molecule has 0 N–H and O–H groups in total. The smallest absolute Gasteiger partial charge is 0.154 e. The third-order valence-electron chi connectivity index (χ3n) is 2.87. The predicted octanol–water partition coefficient (Wildman–Crippen LogP) is 3.31. The topological polar surface area (TPSA) is 34.9 Å². The molecule has 0 atom stereocenters. The van der Waals surface area contributed by atoms with E-state index in [1.54, 1.807) is 16.4 Å². The van der Waals surface area contributed by atoms with Gasteiger partial charge in [0, 0.05) is 11.9 Å². The normalized spacial score (nSPS) is 10.7. The summed E-state index contributed by atoms with van der Waals surface area (Å²) in [7, 11) is 1.87. The maximum Gasteiger partial charge on any atom is 0.154 e. The fourth-order valence-electron chi connectivity index (χ4n) is 1.93. The van der Waals surface area contributed by atoms with Crippen LogP contribution in [0.4, 0.5) is 0 Å². The molecule has 2 rings (SSSR count). The second kappa shape index (κ2) is 4.98. The lowest BCUT2D eigenvalue weighted by molar-refractivity contribution is 0.112. The average Bonchev–Trinajstić information content (AvgIpc) is 2.57. The molecule has 0 unspecified atom stereocenters. The maximum atomic E-state index is 11.1. The molecule has 94 valence electrons. The van der Waals surface area contributed by atoms with Gasteiger partial charge in [-0.25, -0.2) is 0 Å². The largest absolute Gasteiger partial charge is 0.298 e. The second-order valence-electron chi connectivity index (χ2n) is 4.42. The molecule has 0 aliphatic rings. The molecule has 0 aliphatic carbocycles. The van der Waals surface area contributed by atoms with Crippen molar-refractivity contribution >= 4 is 18.0 Å². The van der Waals surface area contributed by atoms with Crippen LogP contribution in [0.25, 0.3) is 0 Å². The van der Waals surface area contributed by atoms with E-state index in [1.807, 2.05) is 14.0 Å². The number of hydrogen-bond acceptors (Lipinski definition) is 3. The Morgan fingerprint density at radius 2 is 2.00 bits per heavy atom. The van der Waals surface area contributed by atoms with Gasteiger partial charge in [0.15, 0.2) is 6.29 Å². The van der Waals surface area contributed by atoms with Crippen LogP contribution in [0.2, 0.25) is 0 Å². The van der Waals surface area contributed by atoms with Gasteiger partial charge in [-0.05, 0) is 32.4 Å². The maximum absolute atomic E-state index is 11.1. The summed E-state index contributed by atoms with van der Waals surface area (Å²) in [4.78, 5) is 12.3. The van der Waals surface area contributed by atoms with Crippen molar-refractivity contribution in [2.24, 2.45) is 7.05 Å². The summed E-state index contributed by atoms with van der Waals surface area (Å²) >= 11 is 1.59. The Balaban J connectivity index is 2.42. The van der Waals surface area contributed by atoms with Gasteiger partial charge in [-0.3, -0.25) is 9.48 Å². The second-order valence-corrected chi connectivity index (χ2v) is 5.45. The van der Waals surface area contributed by atoms with Gasteiger partial charge in [0.2, 0.25) is 0 Å². The Morgan fingerprint density at radius 3 is 2.61 bits per heavy atom. The predicted molar refractivity (Wildman–Crippen MR) is 73.4 cm³/mol. The molecule has 0 radical (unpaired) electrons. The fraction of sp³-hybridized carbons (Fsp3) is 0.286. The molecule has 0 amide bonds. The van der Waals surface area contributed by atoms with Crippen molar-refractivity contribution in [3.05, 3.63) is 40.6 Å². The molecule has 2 aromatic rings. The van der Waals surface area contributed by atoms with Crippen LogP contribution in [0.5, 0.6) is 0 Å². The molecule has 0 saturated carbocycles. The van der Waals surface area contributed by atoms with E-state index in [9.17, 15) is 4.79 Å². The first kappa shape index (κ1) is 12.9. The van der Waals surface area contributed by atoms with Gasteiger partial charge in [0.25, 0.3) is 0 Å². The van der Waals surface area contributed by atoms with Crippen LogP contribution in [0.15, 0.2) is 28.1 Å². The van der Waals surface area contributed by atoms with Crippen LogP contribution in [0.3, 0.4) is 0 Å². The number of nitrogens with zero attached hydrogens (tertiary/aromatic N) is 2. The summed E-state index contributed by atoms with van der Waals surface area (Å²) in [5.74, 6) is 0. The number of carbonyl (C=O) groups is 1. The van der Waals surface area contributed by atoms with E-state index >= 15 is 0 Å². The highest BCUT2D eigenvalue weighted by Gasteiger charge is 2.14. The molecule has 0 saturated heterocycles. The molecule has 3 nitrogen and oxygen atoms in total. The van der Waals surface area contributed by atoms with Gasteiger partial charge < -0.3 is 0 Å². The molecule has 18 heavy (non-hydrogen) atoms. The zero-order chi connectivity index (χ0) is 13.3. The van der Waals surface area contributed by atoms with E-state index in [-0.39, 0.29) is 0 Å². The number of rotatable bonds is 3. The third-order valence-corrected chi connectivity index (χ3v) is 4.22. The van der Waals surface area contributed by atoms with Crippen molar-refractivity contribution in [2.45, 2.75) is 30.7 Å². The van der Waals surface area contributed by atoms with E-state index < -0.39 is 0 Å². The molecule has 1 aromatic heterocycles. The Kier molecular flexibility index (Phi) is 3.57. The van der Waals surface area contributed by atoms with Crippen LogP contribution in [0, 0.1) is 20.8 Å². The van der Waals surface area contributed by atoms with E-state index in [2.05, 4.69) is 37.1 Å². The number of aldehydes is 1. The van der Waals surface area contributed by atoms with E-state index in [0.29, 0.717) is 5.56 Å². The molecule has 1 aromatic carbocycles. The SMILES string of the molecule is Cc1ccc(Sc2c(C=O)c(C)nn2C)c(C)c1. The number of aryl methyl sites for hydroxylation is 4. The molecule has 1 heterocycles. The number of carbonyl (C=O) groups excluding carboxylic acids is 1. The monoisotopic (exact) mass is 260 g/mol. The quantitative estimate of drug-likeness (QED) is 0.794. The third kappa shape index (κ3) is 2.34. The molecule has 0 fully saturated rings. The van der Waals surface area contributed by atoms with Crippen molar-refractivity contribution in [2.75, 3.05) is 0 Å². The Hall–Kier alpha value is -1.55. The highest BCUT2D eigenvalue weighted by molar-refractivity contribution is 7.99. The summed E-state index contributed by atoms with van der Waals surface area (Å²) in [6.45, 7) is 6.02. The van der Waals surface area contributed by atoms with E-state index in [1.165, 1.54) is 11.1 Å². The first-order chi connectivity index (χ1) is 8.52. The molecule has 0 spiro atoms. The highest BCUT2D eigenvalue weighted by Crippen LogP contribution is 2.33. The zero-order valence-corrected chi connectivity index (χ0v) is 11.8. The van der Waals surface area contributed by atoms with Gasteiger partial charge in [-0.2, -0.15) is 5.10 Å². The minimum absolute atomic E-state index is 0.683. The van der Waals surface area contributed by atoms with Gasteiger partial charge >= 0.3 is 0 Å². The summed E-state index contributed by atoms with van der Waals surface area (Å²) in [5, 5.41) is 5.19. The minimum Gasteiger partial charge on any atom is -0.298 e. The minimum atomic E-state index is 0.683. The lowest BCUT2D eigenvalue weighted by Crippen LogP contribution is -1.94. The lowest BCUT2D eigenvalue weighted by Gasteiger charge is -2.07. The Labute approximate surface area is 111 Å². The summed E-state index contributed by atoms with van der Waals surface area (Å²) in [6, 6.07) is 6.32. The van der Waals surface area contributed by atoms with E-state index in [0.717, 1.165) is 21.9 Å². The molecule has 4 heteroatoms. The van der Waals surface area contributed by atoms with Crippen LogP contribution in [-0.4, -0.2) is 16.1 Å². The van der Waals surface area contributed by atoms with Crippen LogP contribution >= 0.6 is 11.8 Å². The Bertz CT molecular complexity index is 602. The number of hydrogen-bond donors (Lipinski definition) is 0. The molecule has 0 bridgehead atoms. The van der Waals surface area contributed by atoms with Crippen LogP contribution < -0.4 is 0 Å². The van der Waals surface area contributed by atoms with Crippen molar-refractivity contribution in [1.29, 1.82) is 0 Å². The standard InChI is InChI=1S/C14H16N2OS/c1-9-5-6-13(10(2)7-9)18-14-12(8-17)11(3)15-16(14)4/h5-8H,1-4H3. The van der Waals surface area contributed by atoms with Crippen LogP contribution in [-0.2, 0) is 7.05 Å². The first-order valence-corrected chi connectivity index (χ1v) is 6.58. The lowest BCUT2D eigenvalue weighted by atomic mass is 10.2. The van der Waals surface area contributed by atoms with E-state index in [4.69, 9.17) is 0 Å². The zero-order valence-electron chi connectivity index (χ0n) is 11.0.